The lowest BCUT2D eigenvalue weighted by Crippen LogP contribution is -2.46. The number of hydrogen-bond donors (Lipinski definition) is 0. The first-order valence-electron chi connectivity index (χ1n) is 8.88. The number of benzene rings is 2. The van der Waals surface area contributed by atoms with E-state index in [1.807, 2.05) is 12.1 Å². The molecule has 0 bridgehead atoms. The van der Waals surface area contributed by atoms with Crippen LogP contribution >= 0.6 is 0 Å². The molecule has 2 aromatic carbocycles. The summed E-state index contributed by atoms with van der Waals surface area (Å²) >= 11 is 0. The van der Waals surface area contributed by atoms with E-state index < -0.39 is 0 Å². The average molecular weight is 328 g/mol. The molecule has 2 heteroatoms. The van der Waals surface area contributed by atoms with Crippen LogP contribution in [0.5, 0.6) is 0 Å². The summed E-state index contributed by atoms with van der Waals surface area (Å²) < 4.78 is 0. The van der Waals surface area contributed by atoms with Crippen molar-refractivity contribution in [2.45, 2.75) is 45.6 Å². The number of para-hydroxylation sites is 1. The van der Waals surface area contributed by atoms with Gasteiger partial charge in [-0.1, -0.05) is 56.3 Å². The third kappa shape index (κ3) is 2.31. The highest BCUT2D eigenvalue weighted by molar-refractivity contribution is 6.14. The van der Waals surface area contributed by atoms with E-state index in [0.717, 1.165) is 22.3 Å². The van der Waals surface area contributed by atoms with Gasteiger partial charge in [-0.2, -0.15) is 0 Å². The van der Waals surface area contributed by atoms with Crippen molar-refractivity contribution in [3.63, 3.8) is 0 Å². The van der Waals surface area contributed by atoms with Crippen molar-refractivity contribution in [2.24, 2.45) is 4.99 Å². The van der Waals surface area contributed by atoms with E-state index in [9.17, 15) is 0 Å². The van der Waals surface area contributed by atoms with Gasteiger partial charge >= 0.3 is 0 Å². The first-order valence-corrected chi connectivity index (χ1v) is 8.88. The Labute approximate surface area is 149 Å². The zero-order valence-corrected chi connectivity index (χ0v) is 15.6. The predicted octanol–water partition coefficient (Wildman–Crippen LogP) is 5.45. The van der Waals surface area contributed by atoms with Gasteiger partial charge in [0.2, 0.25) is 0 Å². The molecule has 2 heterocycles. The molecule has 4 rings (SSSR count). The molecule has 1 aromatic heterocycles. The van der Waals surface area contributed by atoms with Crippen molar-refractivity contribution in [2.75, 3.05) is 0 Å². The zero-order chi connectivity index (χ0) is 17.8. The quantitative estimate of drug-likeness (QED) is 0.583. The van der Waals surface area contributed by atoms with Gasteiger partial charge in [-0.3, -0.25) is 4.99 Å². The fourth-order valence-electron chi connectivity index (χ4n) is 3.87. The number of pyridine rings is 1. The largest absolute Gasteiger partial charge is 0.275 e. The topological polar surface area (TPSA) is 25.2 Å². The van der Waals surface area contributed by atoms with Gasteiger partial charge in [-0.25, -0.2) is 4.98 Å². The van der Waals surface area contributed by atoms with Crippen LogP contribution in [0.1, 0.15) is 50.1 Å². The lowest BCUT2D eigenvalue weighted by molar-refractivity contribution is 0.302. The van der Waals surface area contributed by atoms with Crippen LogP contribution in [0.4, 0.5) is 0 Å². The van der Waals surface area contributed by atoms with E-state index >= 15 is 0 Å². The third-order valence-corrected chi connectivity index (χ3v) is 5.91. The van der Waals surface area contributed by atoms with E-state index in [1.165, 1.54) is 16.7 Å². The molecule has 0 fully saturated rings. The summed E-state index contributed by atoms with van der Waals surface area (Å²) in [6, 6.07) is 19.0. The van der Waals surface area contributed by atoms with E-state index in [2.05, 4.69) is 77.1 Å². The maximum atomic E-state index is 5.18. The summed E-state index contributed by atoms with van der Waals surface area (Å²) in [7, 11) is 0. The molecule has 25 heavy (non-hydrogen) atoms. The van der Waals surface area contributed by atoms with Crippen molar-refractivity contribution in [3.05, 3.63) is 77.0 Å². The molecule has 1 aliphatic rings. The van der Waals surface area contributed by atoms with Crippen LogP contribution in [-0.2, 0) is 5.41 Å². The second-order valence-corrected chi connectivity index (χ2v) is 8.03. The number of nitrogens with zero attached hydrogens (tertiary/aromatic N) is 2. The van der Waals surface area contributed by atoms with Gasteiger partial charge in [-0.05, 0) is 44.0 Å². The number of hydrogen-bond acceptors (Lipinski definition) is 2. The second kappa shape index (κ2) is 5.26. The Bertz CT molecular complexity index is 1010. The normalized spacial score (nSPS) is 17.9. The van der Waals surface area contributed by atoms with Crippen LogP contribution in [0.25, 0.3) is 10.9 Å². The fourth-order valence-corrected chi connectivity index (χ4v) is 3.87. The van der Waals surface area contributed by atoms with Gasteiger partial charge in [0.1, 0.15) is 0 Å². The third-order valence-electron chi connectivity index (χ3n) is 5.91. The highest BCUT2D eigenvalue weighted by Gasteiger charge is 2.44. The van der Waals surface area contributed by atoms with Crippen LogP contribution in [0.15, 0.2) is 59.6 Å². The average Bonchev–Trinajstić information content (AvgIpc) is 2.58. The molecule has 0 saturated carbocycles. The maximum Gasteiger partial charge on any atom is 0.0913 e. The van der Waals surface area contributed by atoms with Gasteiger partial charge < -0.3 is 0 Å². The number of fused-ring (bicyclic) bond motifs is 2. The van der Waals surface area contributed by atoms with E-state index in [0.29, 0.717) is 0 Å². The molecule has 0 atom stereocenters. The van der Waals surface area contributed by atoms with E-state index in [4.69, 9.17) is 9.98 Å². The van der Waals surface area contributed by atoms with Crippen molar-refractivity contribution >= 4 is 16.6 Å². The molecule has 0 saturated heterocycles. The Kier molecular flexibility index (Phi) is 3.37. The molecule has 0 N–H and O–H groups in total. The Morgan fingerprint density at radius 2 is 1.56 bits per heavy atom. The van der Waals surface area contributed by atoms with Gasteiger partial charge in [0.05, 0.1) is 22.5 Å². The van der Waals surface area contributed by atoms with Crippen LogP contribution in [-0.4, -0.2) is 16.2 Å². The number of rotatable bonds is 1. The van der Waals surface area contributed by atoms with Crippen molar-refractivity contribution < 1.29 is 0 Å². The van der Waals surface area contributed by atoms with Crippen LogP contribution in [0, 0.1) is 6.92 Å². The minimum atomic E-state index is -0.200. The van der Waals surface area contributed by atoms with Gasteiger partial charge in [0.25, 0.3) is 0 Å². The van der Waals surface area contributed by atoms with Crippen LogP contribution < -0.4 is 0 Å². The summed E-state index contributed by atoms with van der Waals surface area (Å²) in [5.41, 5.74) is 6.67. The summed E-state index contributed by atoms with van der Waals surface area (Å²) in [4.78, 5) is 10.1. The van der Waals surface area contributed by atoms with Crippen LogP contribution in [0.3, 0.4) is 0 Å². The predicted molar refractivity (Wildman–Crippen MR) is 106 cm³/mol. The standard InChI is InChI=1S/C23H24N2/c1-15-9-8-11-17-20(15)22(2,3)23(4,5)25-21(17)19-14-13-16-10-6-7-12-18(16)24-19/h6-14H,1-5H3. The summed E-state index contributed by atoms with van der Waals surface area (Å²) in [5, 5.41) is 1.16. The number of aryl methyl sites for hydroxylation is 1. The minimum absolute atomic E-state index is 0.0337. The smallest absolute Gasteiger partial charge is 0.0913 e. The molecular formula is C23H24N2. The van der Waals surface area contributed by atoms with Crippen LogP contribution in [0.2, 0.25) is 0 Å². The molecule has 126 valence electrons. The first kappa shape index (κ1) is 16.0. The summed E-state index contributed by atoms with van der Waals surface area (Å²) in [6.07, 6.45) is 0. The maximum absolute atomic E-state index is 5.18. The summed E-state index contributed by atoms with van der Waals surface area (Å²) in [6.45, 7) is 11.3. The molecule has 0 unspecified atom stereocenters. The minimum Gasteiger partial charge on any atom is -0.275 e. The lowest BCUT2D eigenvalue weighted by atomic mass is 9.64. The monoisotopic (exact) mass is 328 g/mol. The Morgan fingerprint density at radius 1 is 0.800 bits per heavy atom. The van der Waals surface area contributed by atoms with Gasteiger partial charge in [-0.15, -0.1) is 0 Å². The highest BCUT2D eigenvalue weighted by Crippen LogP contribution is 2.45. The Balaban J connectivity index is 2.00. The number of aromatic nitrogens is 1. The van der Waals surface area contributed by atoms with Gasteiger partial charge in [0.15, 0.2) is 0 Å². The van der Waals surface area contributed by atoms with Crippen molar-refractivity contribution in [1.82, 2.24) is 4.98 Å². The number of aliphatic imine (C=N–C) groups is 1. The lowest BCUT2D eigenvalue weighted by Gasteiger charge is -2.45. The molecule has 0 radical (unpaired) electrons. The molecule has 0 aliphatic carbocycles. The Morgan fingerprint density at radius 3 is 2.36 bits per heavy atom. The van der Waals surface area contributed by atoms with Crippen molar-refractivity contribution in [3.8, 4) is 0 Å². The molecule has 2 nitrogen and oxygen atoms in total. The van der Waals surface area contributed by atoms with Gasteiger partial charge in [0, 0.05) is 16.4 Å². The van der Waals surface area contributed by atoms with Crippen molar-refractivity contribution in [1.29, 1.82) is 0 Å². The highest BCUT2D eigenvalue weighted by atomic mass is 14.9. The summed E-state index contributed by atoms with van der Waals surface area (Å²) in [5.74, 6) is 0. The second-order valence-electron chi connectivity index (χ2n) is 8.03. The SMILES string of the molecule is Cc1cccc2c1C(C)(C)C(C)(C)N=C2c1ccc2ccccc2n1. The fraction of sp³-hybridized carbons (Fsp3) is 0.304. The molecule has 1 aliphatic heterocycles. The molecule has 0 spiro atoms. The Hall–Kier alpha value is -2.48. The van der Waals surface area contributed by atoms with E-state index in [1.54, 1.807) is 0 Å². The zero-order valence-electron chi connectivity index (χ0n) is 15.6. The molecule has 3 aromatic rings. The molecule has 0 amide bonds. The van der Waals surface area contributed by atoms with E-state index in [-0.39, 0.29) is 11.0 Å². The first-order chi connectivity index (χ1) is 11.8. The molecular weight excluding hydrogens is 304 g/mol.